The zero-order valence-electron chi connectivity index (χ0n) is 17.0. The lowest BCUT2D eigenvalue weighted by molar-refractivity contribution is -0.107. The molecule has 2 heterocycles. The first kappa shape index (κ1) is 29.0. The number of ether oxygens (including phenoxy) is 1. The summed E-state index contributed by atoms with van der Waals surface area (Å²) in [6, 6.07) is 0. The van der Waals surface area contributed by atoms with E-state index in [1.54, 1.807) is 0 Å². The zero-order chi connectivity index (χ0) is 25.9. The van der Waals surface area contributed by atoms with Gasteiger partial charge >= 0.3 is 29.2 Å². The van der Waals surface area contributed by atoms with Gasteiger partial charge in [0.1, 0.15) is 18.6 Å². The van der Waals surface area contributed by atoms with Gasteiger partial charge in [-0.1, -0.05) is 0 Å². The molecule has 1 fully saturated rings. The highest BCUT2D eigenvalue weighted by Crippen LogP contribution is 2.66. The molecule has 6 N–H and O–H groups in total. The minimum atomic E-state index is -5.74. The van der Waals surface area contributed by atoms with Gasteiger partial charge in [-0.2, -0.15) is 8.62 Å². The van der Waals surface area contributed by atoms with Crippen molar-refractivity contribution in [3.63, 3.8) is 0 Å². The van der Waals surface area contributed by atoms with Crippen LogP contribution in [0.4, 0.5) is 0 Å². The van der Waals surface area contributed by atoms with E-state index in [0.717, 1.165) is 10.8 Å². The summed E-state index contributed by atoms with van der Waals surface area (Å²) in [5.74, 6) is -1.32. The molecule has 0 aromatic carbocycles. The maximum absolute atomic E-state index is 12.2. The summed E-state index contributed by atoms with van der Waals surface area (Å²) in [4.78, 5) is 72.3. The summed E-state index contributed by atoms with van der Waals surface area (Å²) in [5, 5.41) is 10.3. The molecule has 0 spiro atoms. The van der Waals surface area contributed by atoms with Crippen LogP contribution in [0, 0.1) is 0 Å². The number of hydrogen-bond acceptors (Lipinski definition) is 11. The molecule has 1 aliphatic rings. The summed E-state index contributed by atoms with van der Waals surface area (Å²) in [6.45, 7) is -1.00. The van der Waals surface area contributed by atoms with Gasteiger partial charge in [-0.15, -0.1) is 0 Å². The molecule has 1 aromatic heterocycles. The number of aryl methyl sites for hydroxylation is 1. The molecular weight excluding hydrogens is 528 g/mol. The first-order valence-corrected chi connectivity index (χ1v) is 13.7. The highest BCUT2D eigenvalue weighted by atomic mass is 31.3. The molecule has 6 unspecified atom stereocenters. The van der Waals surface area contributed by atoms with Crippen molar-refractivity contribution in [1.82, 2.24) is 9.55 Å². The molecule has 1 saturated heterocycles. The van der Waals surface area contributed by atoms with Crippen molar-refractivity contribution in [2.24, 2.45) is 0 Å². The molecule has 2 rings (SSSR count). The van der Waals surface area contributed by atoms with Gasteiger partial charge in [-0.3, -0.25) is 18.9 Å². The Labute approximate surface area is 191 Å². The van der Waals surface area contributed by atoms with Crippen LogP contribution < -0.4 is 11.2 Å². The van der Waals surface area contributed by atoms with E-state index in [9.17, 15) is 38.1 Å². The van der Waals surface area contributed by atoms with Crippen molar-refractivity contribution in [3.05, 3.63) is 32.6 Å². The Kier molecular flexibility index (Phi) is 9.55. The molecule has 0 aliphatic carbocycles. The number of aromatic nitrogens is 2. The number of nitrogens with zero attached hydrogens (tertiary/aromatic N) is 1. The Bertz CT molecular complexity index is 1150. The number of aldehydes is 1. The van der Waals surface area contributed by atoms with E-state index < -0.39 is 65.6 Å². The number of aromatic amines is 1. The quantitative estimate of drug-likeness (QED) is 0.0761. The number of unbranched alkanes of at least 4 members (excludes halogenated alkanes) is 1. The summed E-state index contributed by atoms with van der Waals surface area (Å²) in [5.41, 5.74) is -1.54. The molecule has 2 radical (unpaired) electrons. The number of phosphoric acid groups is 3. The monoisotopic (exact) mass is 548 g/mol. The third-order valence-corrected chi connectivity index (χ3v) is 8.12. The molecule has 21 heteroatoms. The molecule has 34 heavy (non-hydrogen) atoms. The molecule has 190 valence electrons. The molecule has 1 aromatic rings. The zero-order valence-corrected chi connectivity index (χ0v) is 19.7. The van der Waals surface area contributed by atoms with Gasteiger partial charge in [0.25, 0.3) is 5.56 Å². The molecule has 0 saturated carbocycles. The predicted molar refractivity (Wildman–Crippen MR) is 110 cm³/mol. The average molecular weight is 548 g/mol. The second-order valence-corrected chi connectivity index (χ2v) is 11.3. The lowest BCUT2D eigenvalue weighted by Gasteiger charge is -2.19. The van der Waals surface area contributed by atoms with Crippen LogP contribution >= 0.6 is 23.5 Å². The minimum Gasteiger partial charge on any atom is -0.391 e. The van der Waals surface area contributed by atoms with Crippen LogP contribution in [-0.2, 0) is 42.8 Å². The van der Waals surface area contributed by atoms with Crippen molar-refractivity contribution in [2.45, 2.75) is 43.5 Å². The number of aliphatic hydroxyl groups is 1. The van der Waals surface area contributed by atoms with E-state index in [1.807, 2.05) is 4.98 Å². The smallest absolute Gasteiger partial charge is 0.391 e. The highest BCUT2D eigenvalue weighted by molar-refractivity contribution is 7.66. The maximum atomic E-state index is 12.2. The van der Waals surface area contributed by atoms with Crippen LogP contribution in [0.1, 0.15) is 24.6 Å². The number of hydrogen-bond donors (Lipinski definition) is 6. The van der Waals surface area contributed by atoms with Gasteiger partial charge in [0.2, 0.25) is 0 Å². The number of phosphoric ester groups is 1. The van der Waals surface area contributed by atoms with Crippen LogP contribution in [-0.4, -0.2) is 67.2 Å². The highest BCUT2D eigenvalue weighted by Gasteiger charge is 2.45. The average Bonchev–Trinajstić information content (AvgIpc) is 2.94. The predicted octanol–water partition coefficient (Wildman–Crippen LogP) is -1.38. The van der Waals surface area contributed by atoms with Crippen molar-refractivity contribution < 1.29 is 61.1 Å². The lowest BCUT2D eigenvalue weighted by Crippen LogP contribution is -2.35. The Morgan fingerprint density at radius 2 is 1.79 bits per heavy atom. The standard InChI is InChI=1S/C13H20BN2O15P3/c14-9-10(18)8(6-28-33(24,25)31-34(26,27)30-32(21,22)23)29-12(9)16-5-7(3-1-2-4-17)11(19)15-13(16)20/h4-5,8-10,12,18H,1-3,6H2,(H,24,25)(H,26,27)(H,15,19,20)(H2,21,22,23). The van der Waals surface area contributed by atoms with Crippen molar-refractivity contribution in [3.8, 4) is 0 Å². The number of H-pyrrole nitrogens is 1. The van der Waals surface area contributed by atoms with Crippen LogP contribution in [0.5, 0.6) is 0 Å². The van der Waals surface area contributed by atoms with E-state index >= 15 is 0 Å². The molecule has 0 amide bonds. The normalized spacial score (nSPS) is 26.6. The third-order valence-electron chi connectivity index (χ3n) is 4.32. The van der Waals surface area contributed by atoms with Gasteiger partial charge in [0.05, 0.1) is 20.6 Å². The molecule has 1 aliphatic heterocycles. The third kappa shape index (κ3) is 8.16. The molecular formula is C13H20BN2O15P3. The summed E-state index contributed by atoms with van der Waals surface area (Å²) >= 11 is 0. The largest absolute Gasteiger partial charge is 0.490 e. The molecule has 17 nitrogen and oxygen atoms in total. The van der Waals surface area contributed by atoms with E-state index in [-0.39, 0.29) is 18.4 Å². The van der Waals surface area contributed by atoms with Crippen molar-refractivity contribution >= 4 is 37.6 Å². The minimum absolute atomic E-state index is 0.114. The SMILES string of the molecule is [B]C1C(O)C(COP(=O)(O)OP(=O)(O)OP(=O)(O)O)OC1n1cc(CCCC=O)c(=O)[nH]c1=O. The summed E-state index contributed by atoms with van der Waals surface area (Å²) in [6.07, 6.45) is -2.12. The second-order valence-electron chi connectivity index (χ2n) is 6.90. The van der Waals surface area contributed by atoms with Crippen LogP contribution in [0.3, 0.4) is 0 Å². The Morgan fingerprint density at radius 3 is 2.38 bits per heavy atom. The van der Waals surface area contributed by atoms with E-state index in [0.29, 0.717) is 12.7 Å². The fourth-order valence-electron chi connectivity index (χ4n) is 2.90. The lowest BCUT2D eigenvalue weighted by atomic mass is 9.81. The van der Waals surface area contributed by atoms with E-state index in [2.05, 4.69) is 13.1 Å². The first-order valence-electron chi connectivity index (χ1n) is 9.20. The van der Waals surface area contributed by atoms with Gasteiger partial charge in [-0.25, -0.2) is 18.5 Å². The molecule has 0 bridgehead atoms. The van der Waals surface area contributed by atoms with Crippen molar-refractivity contribution in [2.75, 3.05) is 6.61 Å². The van der Waals surface area contributed by atoms with E-state index in [4.69, 9.17) is 27.3 Å². The number of carbonyl (C=O) groups is 1. The number of nitrogens with one attached hydrogen (secondary N) is 1. The van der Waals surface area contributed by atoms with Crippen molar-refractivity contribution in [1.29, 1.82) is 0 Å². The summed E-state index contributed by atoms with van der Waals surface area (Å²) < 4.78 is 51.6. The number of aliphatic hydroxyl groups excluding tert-OH is 1. The fraction of sp³-hybridized carbons (Fsp3) is 0.615. The van der Waals surface area contributed by atoms with Crippen LogP contribution in [0.2, 0.25) is 5.82 Å². The second kappa shape index (κ2) is 11.2. The topological polar surface area (TPSA) is 261 Å². The number of carbonyl (C=O) groups excluding carboxylic acids is 1. The Morgan fingerprint density at radius 1 is 1.15 bits per heavy atom. The Hall–Kier alpha value is -1.26. The first-order chi connectivity index (χ1) is 15.6. The summed E-state index contributed by atoms with van der Waals surface area (Å²) in [7, 11) is -11.0. The van der Waals surface area contributed by atoms with E-state index in [1.165, 1.54) is 0 Å². The Balaban J connectivity index is 2.13. The van der Waals surface area contributed by atoms with Gasteiger partial charge in [0, 0.05) is 18.2 Å². The van der Waals surface area contributed by atoms with Gasteiger partial charge in [0.15, 0.2) is 0 Å². The van der Waals surface area contributed by atoms with Crippen LogP contribution in [0.25, 0.3) is 0 Å². The molecule has 6 atom stereocenters. The van der Waals surface area contributed by atoms with Gasteiger partial charge in [-0.05, 0) is 18.7 Å². The number of rotatable bonds is 12. The van der Waals surface area contributed by atoms with Crippen LogP contribution in [0.15, 0.2) is 15.8 Å². The fourth-order valence-corrected chi connectivity index (χ4v) is 5.93. The maximum Gasteiger partial charge on any atom is 0.490 e. The van der Waals surface area contributed by atoms with Gasteiger partial charge < -0.3 is 34.2 Å².